The first kappa shape index (κ1) is 12.3. The van der Waals surface area contributed by atoms with Crippen molar-refractivity contribution in [2.45, 2.75) is 12.5 Å². The summed E-state index contributed by atoms with van der Waals surface area (Å²) in [5, 5.41) is 19.4. The summed E-state index contributed by atoms with van der Waals surface area (Å²) in [5.41, 5.74) is 6.99. The van der Waals surface area contributed by atoms with E-state index in [2.05, 4.69) is 25.3 Å². The Labute approximate surface area is 113 Å². The number of benzene rings is 1. The van der Waals surface area contributed by atoms with Crippen LogP contribution in [0.4, 0.5) is 0 Å². The fourth-order valence-electron chi connectivity index (χ4n) is 1.77. The second-order valence-electron chi connectivity index (χ2n) is 4.27. The number of rotatable bonds is 4. The van der Waals surface area contributed by atoms with Gasteiger partial charge in [0.05, 0.1) is 6.04 Å². The first-order valence-electron chi connectivity index (χ1n) is 5.95. The summed E-state index contributed by atoms with van der Waals surface area (Å²) in [6.07, 6.45) is 1.89. The van der Waals surface area contributed by atoms with Crippen LogP contribution in [0.5, 0.6) is 5.75 Å². The van der Waals surface area contributed by atoms with Gasteiger partial charge in [-0.25, -0.2) is 4.98 Å². The summed E-state index contributed by atoms with van der Waals surface area (Å²) in [6, 6.07) is 6.38. The van der Waals surface area contributed by atoms with Crippen LogP contribution in [0.1, 0.15) is 17.5 Å². The molecule has 1 atom stereocenters. The molecular weight excluding hydrogens is 260 g/mol. The van der Waals surface area contributed by atoms with Gasteiger partial charge in [-0.2, -0.15) is 10.1 Å². The van der Waals surface area contributed by atoms with E-state index in [4.69, 9.17) is 10.3 Å². The Morgan fingerprint density at radius 3 is 2.80 bits per heavy atom. The molecule has 0 aliphatic carbocycles. The van der Waals surface area contributed by atoms with E-state index in [0.29, 0.717) is 24.0 Å². The van der Waals surface area contributed by atoms with Gasteiger partial charge in [-0.15, -0.1) is 0 Å². The van der Waals surface area contributed by atoms with Gasteiger partial charge < -0.3 is 15.4 Å². The number of nitrogens with zero attached hydrogens (tertiary/aromatic N) is 4. The van der Waals surface area contributed by atoms with E-state index in [1.807, 2.05) is 0 Å². The number of nitrogens with two attached hydrogens (primary N) is 1. The Morgan fingerprint density at radius 1 is 1.30 bits per heavy atom. The van der Waals surface area contributed by atoms with Gasteiger partial charge in [0.15, 0.2) is 5.82 Å². The molecule has 102 valence electrons. The summed E-state index contributed by atoms with van der Waals surface area (Å²) in [6.45, 7) is 0. The molecule has 0 bridgehead atoms. The van der Waals surface area contributed by atoms with E-state index in [1.54, 1.807) is 24.3 Å². The zero-order valence-corrected chi connectivity index (χ0v) is 10.4. The summed E-state index contributed by atoms with van der Waals surface area (Å²) >= 11 is 0. The molecule has 8 heteroatoms. The van der Waals surface area contributed by atoms with Crippen LogP contribution in [0.15, 0.2) is 35.1 Å². The number of hydrogen-bond donors (Lipinski definition) is 3. The highest BCUT2D eigenvalue weighted by Gasteiger charge is 2.17. The molecule has 2 aromatic heterocycles. The molecule has 0 saturated carbocycles. The van der Waals surface area contributed by atoms with Crippen LogP contribution in [-0.4, -0.2) is 30.4 Å². The van der Waals surface area contributed by atoms with Crippen molar-refractivity contribution in [3.05, 3.63) is 42.0 Å². The number of phenols is 1. The monoisotopic (exact) mass is 272 g/mol. The molecule has 0 aliphatic heterocycles. The molecule has 3 rings (SSSR count). The molecule has 8 nitrogen and oxygen atoms in total. The molecule has 0 saturated heterocycles. The summed E-state index contributed by atoms with van der Waals surface area (Å²) < 4.78 is 5.12. The number of nitrogens with one attached hydrogen (secondary N) is 1. The van der Waals surface area contributed by atoms with E-state index in [9.17, 15) is 5.11 Å². The average molecular weight is 272 g/mol. The lowest BCUT2D eigenvalue weighted by Crippen LogP contribution is -2.13. The van der Waals surface area contributed by atoms with Gasteiger partial charge in [-0.05, 0) is 24.1 Å². The highest BCUT2D eigenvalue weighted by molar-refractivity contribution is 5.39. The van der Waals surface area contributed by atoms with Crippen LogP contribution >= 0.6 is 0 Å². The van der Waals surface area contributed by atoms with Gasteiger partial charge in [0.1, 0.15) is 12.1 Å². The molecule has 0 amide bonds. The van der Waals surface area contributed by atoms with Gasteiger partial charge in [0.25, 0.3) is 0 Å². The molecule has 4 N–H and O–H groups in total. The first-order chi connectivity index (χ1) is 9.72. The standard InChI is InChI=1S/C12H12N6O2/c13-9(5-7-1-3-8(19)4-2-7)12-16-11(18-20-12)10-14-6-15-17-10/h1-4,6,9,19H,5,13H2,(H,14,15,17)/t9-/m0/s1. The van der Waals surface area contributed by atoms with Crippen LogP contribution in [-0.2, 0) is 6.42 Å². The van der Waals surface area contributed by atoms with Crippen molar-refractivity contribution in [3.8, 4) is 17.4 Å². The molecule has 0 aliphatic rings. The van der Waals surface area contributed by atoms with Crippen molar-refractivity contribution in [2.24, 2.45) is 5.73 Å². The van der Waals surface area contributed by atoms with Gasteiger partial charge >= 0.3 is 0 Å². The second kappa shape index (κ2) is 5.10. The minimum Gasteiger partial charge on any atom is -0.508 e. The van der Waals surface area contributed by atoms with Crippen LogP contribution < -0.4 is 5.73 Å². The van der Waals surface area contributed by atoms with Gasteiger partial charge in [-0.1, -0.05) is 17.3 Å². The summed E-state index contributed by atoms with van der Waals surface area (Å²) in [4.78, 5) is 8.11. The third-order valence-corrected chi connectivity index (χ3v) is 2.78. The third-order valence-electron chi connectivity index (χ3n) is 2.78. The van der Waals surface area contributed by atoms with Crippen molar-refractivity contribution in [1.82, 2.24) is 25.3 Å². The van der Waals surface area contributed by atoms with Crippen LogP contribution in [0.25, 0.3) is 11.6 Å². The van der Waals surface area contributed by atoms with Crippen LogP contribution in [0, 0.1) is 0 Å². The van der Waals surface area contributed by atoms with E-state index in [0.717, 1.165) is 5.56 Å². The molecule has 1 aromatic carbocycles. The van der Waals surface area contributed by atoms with E-state index in [1.165, 1.54) is 6.33 Å². The number of aromatic amines is 1. The number of hydrogen-bond acceptors (Lipinski definition) is 7. The van der Waals surface area contributed by atoms with Crippen molar-refractivity contribution in [2.75, 3.05) is 0 Å². The van der Waals surface area contributed by atoms with Crippen molar-refractivity contribution in [1.29, 1.82) is 0 Å². The minimum absolute atomic E-state index is 0.215. The Morgan fingerprint density at radius 2 is 2.10 bits per heavy atom. The predicted molar refractivity (Wildman–Crippen MR) is 68.4 cm³/mol. The van der Waals surface area contributed by atoms with Crippen molar-refractivity contribution in [3.63, 3.8) is 0 Å². The SMILES string of the molecule is N[C@@H](Cc1ccc(O)cc1)c1nc(-c2ncn[nH]2)no1. The lowest BCUT2D eigenvalue weighted by Gasteiger charge is -2.06. The van der Waals surface area contributed by atoms with Crippen LogP contribution in [0.3, 0.4) is 0 Å². The number of phenolic OH excluding ortho intramolecular Hbond substituents is 1. The fourth-order valence-corrected chi connectivity index (χ4v) is 1.77. The molecule has 2 heterocycles. The average Bonchev–Trinajstić information content (AvgIpc) is 3.11. The third kappa shape index (κ3) is 2.50. The minimum atomic E-state index is -0.427. The predicted octanol–water partition coefficient (Wildman–Crippen LogP) is 0.803. The normalized spacial score (nSPS) is 12.4. The molecule has 0 fully saturated rings. The maximum absolute atomic E-state index is 9.23. The lowest BCUT2D eigenvalue weighted by atomic mass is 10.1. The van der Waals surface area contributed by atoms with Gasteiger partial charge in [0, 0.05) is 0 Å². The molecule has 20 heavy (non-hydrogen) atoms. The Bertz CT molecular complexity index is 676. The largest absolute Gasteiger partial charge is 0.508 e. The number of aromatic hydroxyl groups is 1. The van der Waals surface area contributed by atoms with Gasteiger partial charge in [-0.3, -0.25) is 5.10 Å². The molecule has 0 unspecified atom stereocenters. The summed E-state index contributed by atoms with van der Waals surface area (Å²) in [7, 11) is 0. The smallest absolute Gasteiger partial charge is 0.244 e. The lowest BCUT2D eigenvalue weighted by molar-refractivity contribution is 0.354. The molecule has 0 radical (unpaired) electrons. The zero-order valence-electron chi connectivity index (χ0n) is 10.4. The quantitative estimate of drug-likeness (QED) is 0.641. The van der Waals surface area contributed by atoms with Crippen LogP contribution in [0.2, 0.25) is 0 Å². The van der Waals surface area contributed by atoms with E-state index < -0.39 is 6.04 Å². The van der Waals surface area contributed by atoms with Crippen molar-refractivity contribution < 1.29 is 9.63 Å². The molecular formula is C12H12N6O2. The molecule has 0 spiro atoms. The Hall–Kier alpha value is -2.74. The second-order valence-corrected chi connectivity index (χ2v) is 4.27. The highest BCUT2D eigenvalue weighted by Crippen LogP contribution is 2.18. The van der Waals surface area contributed by atoms with Gasteiger partial charge in [0.2, 0.25) is 11.7 Å². The number of aromatic nitrogens is 5. The fraction of sp³-hybridized carbons (Fsp3) is 0.167. The van der Waals surface area contributed by atoms with E-state index >= 15 is 0 Å². The summed E-state index contributed by atoms with van der Waals surface area (Å²) in [5.74, 6) is 1.28. The van der Waals surface area contributed by atoms with Crippen molar-refractivity contribution >= 4 is 0 Å². The highest BCUT2D eigenvalue weighted by atomic mass is 16.5. The Balaban J connectivity index is 1.74. The first-order valence-corrected chi connectivity index (χ1v) is 5.95. The zero-order chi connectivity index (χ0) is 13.9. The maximum Gasteiger partial charge on any atom is 0.244 e. The Kier molecular flexibility index (Phi) is 3.13. The molecule has 3 aromatic rings. The maximum atomic E-state index is 9.23. The van der Waals surface area contributed by atoms with E-state index in [-0.39, 0.29) is 5.75 Å². The number of H-pyrrole nitrogens is 1. The topological polar surface area (TPSA) is 127 Å².